The van der Waals surface area contributed by atoms with Crippen LogP contribution in [0, 0.1) is 13.8 Å². The molecule has 3 nitrogen and oxygen atoms in total. The maximum atomic E-state index is 9.94. The highest BCUT2D eigenvalue weighted by molar-refractivity contribution is 5.53. The number of benzene rings is 1. The minimum absolute atomic E-state index is 0. The number of hydrogen-bond donors (Lipinski definition) is 1. The van der Waals surface area contributed by atoms with Gasteiger partial charge in [-0.3, -0.25) is 0 Å². The summed E-state index contributed by atoms with van der Waals surface area (Å²) in [5, 5.41) is 9.94. The molecule has 0 fully saturated rings. The first-order valence-corrected chi connectivity index (χ1v) is 7.43. The zero-order valence-corrected chi connectivity index (χ0v) is 15.7. The number of quaternary nitrogens is 1. The van der Waals surface area contributed by atoms with E-state index in [0.29, 0.717) is 5.75 Å². The second kappa shape index (κ2) is 6.17. The van der Waals surface area contributed by atoms with Crippen molar-refractivity contribution in [1.82, 2.24) is 0 Å². The highest BCUT2D eigenvalue weighted by Crippen LogP contribution is 2.41. The lowest BCUT2D eigenvalue weighted by Gasteiger charge is -2.38. The van der Waals surface area contributed by atoms with Gasteiger partial charge in [-0.05, 0) is 56.4 Å². The van der Waals surface area contributed by atoms with Crippen molar-refractivity contribution in [1.29, 1.82) is 0 Å². The number of rotatable bonds is 3. The SMILES string of the molecule is Cc1c(O)cc2c(c1C)OC(C)(CC[N+](C)(C)C)CC2.[Br-]. The summed E-state index contributed by atoms with van der Waals surface area (Å²) in [5.41, 5.74) is 3.07. The van der Waals surface area contributed by atoms with E-state index in [2.05, 4.69) is 28.1 Å². The van der Waals surface area contributed by atoms with Crippen LogP contribution in [0.5, 0.6) is 11.5 Å². The molecule has 0 saturated carbocycles. The van der Waals surface area contributed by atoms with Crippen LogP contribution >= 0.6 is 0 Å². The summed E-state index contributed by atoms with van der Waals surface area (Å²) in [5.74, 6) is 1.38. The molecule has 0 saturated heterocycles. The Morgan fingerprint density at radius 2 is 1.86 bits per heavy atom. The Morgan fingerprint density at radius 1 is 1.24 bits per heavy atom. The van der Waals surface area contributed by atoms with Crippen molar-refractivity contribution in [3.05, 3.63) is 22.8 Å². The lowest BCUT2D eigenvalue weighted by Crippen LogP contribution is -3.00. The minimum Gasteiger partial charge on any atom is -1.00 e. The Bertz CT molecular complexity index is 523. The largest absolute Gasteiger partial charge is 1.00 e. The molecule has 1 aromatic carbocycles. The molecule has 1 atom stereocenters. The Morgan fingerprint density at radius 3 is 2.43 bits per heavy atom. The molecule has 1 aliphatic rings. The number of hydrogen-bond acceptors (Lipinski definition) is 2. The van der Waals surface area contributed by atoms with Gasteiger partial charge in [0.2, 0.25) is 0 Å². The van der Waals surface area contributed by atoms with Crippen LogP contribution in [0.25, 0.3) is 0 Å². The predicted molar refractivity (Wildman–Crippen MR) is 82.5 cm³/mol. The molecule has 1 aliphatic heterocycles. The topological polar surface area (TPSA) is 29.5 Å². The molecule has 1 N–H and O–H groups in total. The summed E-state index contributed by atoms with van der Waals surface area (Å²) >= 11 is 0. The highest BCUT2D eigenvalue weighted by Gasteiger charge is 2.34. The normalized spacial score (nSPS) is 21.2. The third-order valence-corrected chi connectivity index (χ3v) is 4.47. The zero-order valence-electron chi connectivity index (χ0n) is 14.1. The molecule has 4 heteroatoms. The summed E-state index contributed by atoms with van der Waals surface area (Å²) in [6.45, 7) is 7.31. The number of halogens is 1. The number of phenolic OH excluding ortho intramolecular Hbond substituents is 1. The molecule has 21 heavy (non-hydrogen) atoms. The second-order valence-electron chi connectivity index (χ2n) is 7.45. The molecule has 0 radical (unpaired) electrons. The van der Waals surface area contributed by atoms with Gasteiger partial charge in [-0.2, -0.15) is 0 Å². The molecule has 1 aromatic rings. The number of phenols is 1. The van der Waals surface area contributed by atoms with E-state index in [4.69, 9.17) is 4.74 Å². The lowest BCUT2D eigenvalue weighted by molar-refractivity contribution is -0.871. The fourth-order valence-corrected chi connectivity index (χ4v) is 2.71. The van der Waals surface area contributed by atoms with Gasteiger partial charge in [0.1, 0.15) is 17.1 Å². The molecule has 2 rings (SSSR count). The number of fused-ring (bicyclic) bond motifs is 1. The van der Waals surface area contributed by atoms with Gasteiger partial charge in [-0.15, -0.1) is 0 Å². The monoisotopic (exact) mass is 357 g/mol. The zero-order chi connectivity index (χ0) is 15.1. The minimum atomic E-state index is -0.0906. The van der Waals surface area contributed by atoms with Gasteiger partial charge in [0.05, 0.1) is 27.7 Å². The van der Waals surface area contributed by atoms with E-state index < -0.39 is 0 Å². The molecule has 0 amide bonds. The number of ether oxygens (including phenoxy) is 1. The van der Waals surface area contributed by atoms with Gasteiger partial charge < -0.3 is 31.3 Å². The van der Waals surface area contributed by atoms with E-state index in [1.54, 1.807) is 0 Å². The molecule has 120 valence electrons. The van der Waals surface area contributed by atoms with Gasteiger partial charge in [0, 0.05) is 6.42 Å². The molecular formula is C17H28BrNO2. The van der Waals surface area contributed by atoms with Crippen molar-refractivity contribution in [2.24, 2.45) is 0 Å². The highest BCUT2D eigenvalue weighted by atomic mass is 79.9. The maximum absolute atomic E-state index is 9.94. The van der Waals surface area contributed by atoms with Crippen LogP contribution in [0.4, 0.5) is 0 Å². The Labute approximate surface area is 139 Å². The molecule has 0 aliphatic carbocycles. The van der Waals surface area contributed by atoms with E-state index in [-0.39, 0.29) is 22.6 Å². The van der Waals surface area contributed by atoms with Gasteiger partial charge in [-0.25, -0.2) is 0 Å². The van der Waals surface area contributed by atoms with Crippen molar-refractivity contribution in [2.75, 3.05) is 27.7 Å². The summed E-state index contributed by atoms with van der Waals surface area (Å²) < 4.78 is 7.32. The summed E-state index contributed by atoms with van der Waals surface area (Å²) in [4.78, 5) is 0. The Hall–Kier alpha value is -0.740. The first-order chi connectivity index (χ1) is 9.11. The second-order valence-corrected chi connectivity index (χ2v) is 7.45. The molecule has 0 bridgehead atoms. The summed E-state index contributed by atoms with van der Waals surface area (Å²) in [7, 11) is 6.65. The molecule has 1 heterocycles. The van der Waals surface area contributed by atoms with Crippen molar-refractivity contribution in [2.45, 2.75) is 45.6 Å². The summed E-state index contributed by atoms with van der Waals surface area (Å²) in [6.07, 6.45) is 3.05. The standard InChI is InChI=1S/C17H27NO2.BrH/c1-12-13(2)16-14(11-15(12)19)7-8-17(3,20-16)9-10-18(4,5)6;/h11H,7-10H2,1-6H3;1H. The fraction of sp³-hybridized carbons (Fsp3) is 0.647. The summed E-state index contributed by atoms with van der Waals surface area (Å²) in [6, 6.07) is 1.87. The van der Waals surface area contributed by atoms with Gasteiger partial charge in [-0.1, -0.05) is 0 Å². The number of nitrogens with zero attached hydrogens (tertiary/aromatic N) is 1. The third kappa shape index (κ3) is 4.13. The number of aromatic hydroxyl groups is 1. The Balaban J connectivity index is 0.00000220. The average molecular weight is 358 g/mol. The molecular weight excluding hydrogens is 330 g/mol. The van der Waals surface area contributed by atoms with E-state index >= 15 is 0 Å². The lowest BCUT2D eigenvalue weighted by atomic mass is 9.87. The van der Waals surface area contributed by atoms with Crippen molar-refractivity contribution >= 4 is 0 Å². The van der Waals surface area contributed by atoms with Crippen molar-refractivity contribution in [3.63, 3.8) is 0 Å². The first kappa shape index (κ1) is 18.3. The molecule has 0 spiro atoms. The number of aryl methyl sites for hydroxylation is 1. The van der Waals surface area contributed by atoms with Gasteiger partial charge in [0.15, 0.2) is 0 Å². The van der Waals surface area contributed by atoms with Crippen LogP contribution < -0.4 is 21.7 Å². The van der Waals surface area contributed by atoms with Crippen LogP contribution in [0.2, 0.25) is 0 Å². The third-order valence-electron chi connectivity index (χ3n) is 4.47. The first-order valence-electron chi connectivity index (χ1n) is 7.43. The van der Waals surface area contributed by atoms with Crippen molar-refractivity contribution < 1.29 is 31.3 Å². The fourth-order valence-electron chi connectivity index (χ4n) is 2.71. The molecule has 0 aromatic heterocycles. The Kier molecular flexibility index (Phi) is 5.38. The van der Waals surface area contributed by atoms with E-state index in [9.17, 15) is 5.11 Å². The van der Waals surface area contributed by atoms with E-state index in [1.807, 2.05) is 19.9 Å². The molecule has 1 unspecified atom stereocenters. The maximum Gasteiger partial charge on any atom is 0.126 e. The van der Waals surface area contributed by atoms with E-state index in [1.165, 1.54) is 0 Å². The predicted octanol–water partition coefficient (Wildman–Crippen LogP) is 0.193. The van der Waals surface area contributed by atoms with Crippen LogP contribution in [0.3, 0.4) is 0 Å². The van der Waals surface area contributed by atoms with Crippen molar-refractivity contribution in [3.8, 4) is 11.5 Å². The van der Waals surface area contributed by atoms with Crippen LogP contribution in [0.1, 0.15) is 36.5 Å². The quantitative estimate of drug-likeness (QED) is 0.782. The van der Waals surface area contributed by atoms with Gasteiger partial charge in [0.25, 0.3) is 0 Å². The smallest absolute Gasteiger partial charge is 0.126 e. The van der Waals surface area contributed by atoms with Crippen LogP contribution in [-0.4, -0.2) is 42.9 Å². The van der Waals surface area contributed by atoms with Crippen LogP contribution in [-0.2, 0) is 6.42 Å². The van der Waals surface area contributed by atoms with Gasteiger partial charge >= 0.3 is 0 Å². The van der Waals surface area contributed by atoms with Crippen LogP contribution in [0.15, 0.2) is 6.07 Å². The van der Waals surface area contributed by atoms with E-state index in [0.717, 1.165) is 52.7 Å². The average Bonchev–Trinajstić information content (AvgIpc) is 2.35.